The Labute approximate surface area is 156 Å². The van der Waals surface area contributed by atoms with Gasteiger partial charge in [0.05, 0.1) is 0 Å². The number of aromatic nitrogens is 1. The van der Waals surface area contributed by atoms with E-state index in [4.69, 9.17) is 0 Å². The summed E-state index contributed by atoms with van der Waals surface area (Å²) in [5.41, 5.74) is 3.14. The zero-order valence-corrected chi connectivity index (χ0v) is 15.4. The summed E-state index contributed by atoms with van der Waals surface area (Å²) in [7, 11) is 0. The standard InChI is InChI=1S/C20H19N3O2S/c1-13-18(19(25)21-12-15-6-4-3-5-7-15)23-20(26-13)16-8-10-17(11-9-16)22-14(2)24/h3-11H,12H2,1-2H3,(H,21,25)(H,22,24). The van der Waals surface area contributed by atoms with Crippen LogP contribution in [0.4, 0.5) is 5.69 Å². The summed E-state index contributed by atoms with van der Waals surface area (Å²) < 4.78 is 0. The number of carbonyl (C=O) groups excluding carboxylic acids is 2. The minimum atomic E-state index is -0.177. The zero-order valence-electron chi connectivity index (χ0n) is 14.6. The number of anilines is 1. The second-order valence-corrected chi connectivity index (χ2v) is 7.05. The van der Waals surface area contributed by atoms with E-state index >= 15 is 0 Å². The summed E-state index contributed by atoms with van der Waals surface area (Å²) in [6.45, 7) is 3.83. The van der Waals surface area contributed by atoms with Gasteiger partial charge in [-0.2, -0.15) is 0 Å². The van der Waals surface area contributed by atoms with Crippen LogP contribution in [0.5, 0.6) is 0 Å². The van der Waals surface area contributed by atoms with E-state index in [2.05, 4.69) is 15.6 Å². The highest BCUT2D eigenvalue weighted by atomic mass is 32.1. The smallest absolute Gasteiger partial charge is 0.271 e. The molecule has 3 aromatic rings. The van der Waals surface area contributed by atoms with Gasteiger partial charge in [-0.25, -0.2) is 4.98 Å². The van der Waals surface area contributed by atoms with Crippen LogP contribution in [0.15, 0.2) is 54.6 Å². The van der Waals surface area contributed by atoms with Gasteiger partial charge >= 0.3 is 0 Å². The maximum Gasteiger partial charge on any atom is 0.271 e. The molecule has 26 heavy (non-hydrogen) atoms. The Morgan fingerprint density at radius 3 is 2.38 bits per heavy atom. The van der Waals surface area contributed by atoms with E-state index < -0.39 is 0 Å². The summed E-state index contributed by atoms with van der Waals surface area (Å²) in [6.07, 6.45) is 0. The van der Waals surface area contributed by atoms with Crippen molar-refractivity contribution >= 4 is 28.8 Å². The van der Waals surface area contributed by atoms with E-state index in [1.54, 1.807) is 0 Å². The molecule has 1 aromatic heterocycles. The summed E-state index contributed by atoms with van der Waals surface area (Å²) in [4.78, 5) is 28.9. The number of hydrogen-bond acceptors (Lipinski definition) is 4. The fourth-order valence-corrected chi connectivity index (χ4v) is 3.41. The van der Waals surface area contributed by atoms with E-state index in [0.29, 0.717) is 12.2 Å². The SMILES string of the molecule is CC(=O)Nc1ccc(-c2nc(C(=O)NCc3ccccc3)c(C)s2)cc1. The Bertz CT molecular complexity index is 918. The fourth-order valence-electron chi connectivity index (χ4n) is 2.49. The van der Waals surface area contributed by atoms with Gasteiger partial charge in [0.1, 0.15) is 10.7 Å². The zero-order chi connectivity index (χ0) is 18.5. The highest BCUT2D eigenvalue weighted by Gasteiger charge is 2.16. The molecular formula is C20H19N3O2S. The topological polar surface area (TPSA) is 71.1 Å². The van der Waals surface area contributed by atoms with Crippen LogP contribution in [0, 0.1) is 6.92 Å². The van der Waals surface area contributed by atoms with Crippen LogP contribution in [-0.2, 0) is 11.3 Å². The van der Waals surface area contributed by atoms with E-state index in [9.17, 15) is 9.59 Å². The molecule has 132 valence electrons. The molecule has 0 radical (unpaired) electrons. The lowest BCUT2D eigenvalue weighted by Gasteiger charge is -2.04. The van der Waals surface area contributed by atoms with E-state index in [1.807, 2.05) is 61.5 Å². The Hall–Kier alpha value is -2.99. The molecule has 2 amide bonds. The quantitative estimate of drug-likeness (QED) is 0.718. The van der Waals surface area contributed by atoms with Crippen molar-refractivity contribution in [1.82, 2.24) is 10.3 Å². The summed E-state index contributed by atoms with van der Waals surface area (Å²) in [5, 5.41) is 6.42. The van der Waals surface area contributed by atoms with Gasteiger partial charge in [-0.05, 0) is 36.8 Å². The Morgan fingerprint density at radius 1 is 1.04 bits per heavy atom. The molecule has 2 N–H and O–H groups in total. The van der Waals surface area contributed by atoms with E-state index in [0.717, 1.165) is 26.7 Å². The molecule has 0 spiro atoms. The molecule has 0 fully saturated rings. The van der Waals surface area contributed by atoms with Gasteiger partial charge in [0.15, 0.2) is 0 Å². The van der Waals surface area contributed by atoms with Crippen molar-refractivity contribution in [1.29, 1.82) is 0 Å². The molecule has 0 atom stereocenters. The minimum Gasteiger partial charge on any atom is -0.347 e. The average Bonchev–Trinajstić information content (AvgIpc) is 3.02. The number of aryl methyl sites for hydroxylation is 1. The lowest BCUT2D eigenvalue weighted by molar-refractivity contribution is -0.114. The van der Waals surface area contributed by atoms with Gasteiger partial charge in [0, 0.05) is 29.6 Å². The van der Waals surface area contributed by atoms with Crippen LogP contribution in [0.3, 0.4) is 0 Å². The Morgan fingerprint density at radius 2 is 1.73 bits per heavy atom. The van der Waals surface area contributed by atoms with Crippen molar-refractivity contribution in [3.63, 3.8) is 0 Å². The van der Waals surface area contributed by atoms with Crippen LogP contribution in [-0.4, -0.2) is 16.8 Å². The first-order valence-corrected chi connectivity index (χ1v) is 9.02. The molecule has 3 rings (SSSR count). The molecule has 6 heteroatoms. The van der Waals surface area contributed by atoms with Gasteiger partial charge in [-0.3, -0.25) is 9.59 Å². The highest BCUT2D eigenvalue weighted by molar-refractivity contribution is 7.15. The second kappa shape index (κ2) is 7.93. The first-order valence-electron chi connectivity index (χ1n) is 8.20. The fraction of sp³-hybridized carbons (Fsp3) is 0.150. The lowest BCUT2D eigenvalue weighted by atomic mass is 10.2. The monoisotopic (exact) mass is 365 g/mol. The van der Waals surface area contributed by atoms with Crippen molar-refractivity contribution in [2.45, 2.75) is 20.4 Å². The predicted octanol–water partition coefficient (Wildman–Crippen LogP) is 4.01. The van der Waals surface area contributed by atoms with E-state index in [1.165, 1.54) is 18.3 Å². The number of hydrogen-bond donors (Lipinski definition) is 2. The van der Waals surface area contributed by atoms with Gasteiger partial charge in [0.25, 0.3) is 5.91 Å². The van der Waals surface area contributed by atoms with E-state index in [-0.39, 0.29) is 11.8 Å². The van der Waals surface area contributed by atoms with Gasteiger partial charge < -0.3 is 10.6 Å². The molecule has 5 nitrogen and oxygen atoms in total. The Balaban J connectivity index is 1.72. The molecule has 0 aliphatic carbocycles. The molecular weight excluding hydrogens is 346 g/mol. The second-order valence-electron chi connectivity index (χ2n) is 5.85. The van der Waals surface area contributed by atoms with Gasteiger partial charge in [0.2, 0.25) is 5.91 Å². The first kappa shape index (κ1) is 17.8. The predicted molar refractivity (Wildman–Crippen MR) is 104 cm³/mol. The normalized spacial score (nSPS) is 10.4. The first-order chi connectivity index (χ1) is 12.5. The third kappa shape index (κ3) is 4.34. The average molecular weight is 365 g/mol. The van der Waals surface area contributed by atoms with Gasteiger partial charge in [-0.15, -0.1) is 11.3 Å². The lowest BCUT2D eigenvalue weighted by Crippen LogP contribution is -2.23. The molecule has 0 unspecified atom stereocenters. The number of carbonyl (C=O) groups is 2. The number of benzene rings is 2. The largest absolute Gasteiger partial charge is 0.347 e. The van der Waals surface area contributed by atoms with Crippen molar-refractivity contribution in [2.24, 2.45) is 0 Å². The summed E-state index contributed by atoms with van der Waals surface area (Å²) >= 11 is 1.48. The molecule has 2 aromatic carbocycles. The van der Waals surface area contributed by atoms with Gasteiger partial charge in [-0.1, -0.05) is 30.3 Å². The van der Waals surface area contributed by atoms with Crippen LogP contribution in [0.2, 0.25) is 0 Å². The number of amides is 2. The summed E-state index contributed by atoms with van der Waals surface area (Å²) in [6, 6.07) is 17.2. The number of nitrogens with one attached hydrogen (secondary N) is 2. The van der Waals surface area contributed by atoms with Crippen molar-refractivity contribution in [2.75, 3.05) is 5.32 Å². The number of thiazole rings is 1. The molecule has 0 aliphatic heterocycles. The molecule has 0 bridgehead atoms. The van der Waals surface area contributed by atoms with Crippen molar-refractivity contribution in [3.05, 3.63) is 70.7 Å². The van der Waals surface area contributed by atoms with Crippen molar-refractivity contribution in [3.8, 4) is 10.6 Å². The third-order valence-corrected chi connectivity index (χ3v) is 4.78. The molecule has 0 saturated heterocycles. The van der Waals surface area contributed by atoms with Crippen molar-refractivity contribution < 1.29 is 9.59 Å². The van der Waals surface area contributed by atoms with Crippen LogP contribution in [0.1, 0.15) is 27.9 Å². The molecule has 0 saturated carbocycles. The maximum atomic E-state index is 12.4. The Kier molecular flexibility index (Phi) is 5.43. The molecule has 1 heterocycles. The van der Waals surface area contributed by atoms with Crippen LogP contribution < -0.4 is 10.6 Å². The summed E-state index contributed by atoms with van der Waals surface area (Å²) in [5.74, 6) is -0.288. The van der Waals surface area contributed by atoms with Crippen LogP contribution in [0.25, 0.3) is 10.6 Å². The minimum absolute atomic E-state index is 0.111. The molecule has 0 aliphatic rings. The maximum absolute atomic E-state index is 12.4. The highest BCUT2D eigenvalue weighted by Crippen LogP contribution is 2.28. The van der Waals surface area contributed by atoms with Crippen LogP contribution >= 0.6 is 11.3 Å². The number of rotatable bonds is 5. The number of nitrogens with zero attached hydrogens (tertiary/aromatic N) is 1. The third-order valence-electron chi connectivity index (χ3n) is 3.76.